The molecule has 1 amide bonds. The summed E-state index contributed by atoms with van der Waals surface area (Å²) < 4.78 is 5.44. The Kier molecular flexibility index (Phi) is 9.73. The number of carbonyl (C=O) groups is 1. The molecule has 3 heterocycles. The average Bonchev–Trinajstić information content (AvgIpc) is 3.34. The van der Waals surface area contributed by atoms with Gasteiger partial charge in [-0.1, -0.05) is 37.6 Å². The maximum atomic E-state index is 8.58. The first-order valence-electron chi connectivity index (χ1n) is 11.7. The van der Waals surface area contributed by atoms with Gasteiger partial charge in [0.1, 0.15) is 11.3 Å². The highest BCUT2D eigenvalue weighted by Crippen LogP contribution is 2.32. The number of fused-ring (bicyclic) bond motifs is 1. The van der Waals surface area contributed by atoms with Crippen LogP contribution in [0.3, 0.4) is 0 Å². The first kappa shape index (κ1) is 25.5. The molecule has 1 atom stereocenters. The fraction of sp³-hybridized carbons (Fsp3) is 0.400. The van der Waals surface area contributed by atoms with E-state index in [9.17, 15) is 0 Å². The SMILES string of the molecule is CC.Clc1cnc2nc(-c3ccc(N4CCOCC4)cc3)[nH]c2c1N[C@@H]1CC=CCC1.NC=O. The number of imidazole rings is 1. The Morgan fingerprint density at radius 1 is 1.21 bits per heavy atom. The van der Waals surface area contributed by atoms with Crippen molar-refractivity contribution in [1.29, 1.82) is 0 Å². The van der Waals surface area contributed by atoms with Crippen molar-refractivity contribution in [3.05, 3.63) is 47.6 Å². The number of amides is 1. The quantitative estimate of drug-likeness (QED) is 0.363. The van der Waals surface area contributed by atoms with Crippen LogP contribution >= 0.6 is 11.6 Å². The Hall–Kier alpha value is -3.10. The van der Waals surface area contributed by atoms with Gasteiger partial charge in [0.25, 0.3) is 0 Å². The lowest BCUT2D eigenvalue weighted by Crippen LogP contribution is -2.36. The summed E-state index contributed by atoms with van der Waals surface area (Å²) in [6.45, 7) is 7.42. The second-order valence-electron chi connectivity index (χ2n) is 7.67. The fourth-order valence-electron chi connectivity index (χ4n) is 3.99. The number of hydrogen-bond donors (Lipinski definition) is 3. The number of nitrogens with one attached hydrogen (secondary N) is 2. The number of aromatic nitrogens is 3. The number of aromatic amines is 1. The van der Waals surface area contributed by atoms with Crippen molar-refractivity contribution in [3.63, 3.8) is 0 Å². The van der Waals surface area contributed by atoms with Crippen molar-refractivity contribution in [3.8, 4) is 11.4 Å². The van der Waals surface area contributed by atoms with Gasteiger partial charge in [0.2, 0.25) is 6.41 Å². The maximum Gasteiger partial charge on any atom is 0.204 e. The summed E-state index contributed by atoms with van der Waals surface area (Å²) >= 11 is 6.48. The molecule has 0 saturated carbocycles. The molecular formula is C25H33ClN6O2. The molecular weight excluding hydrogens is 452 g/mol. The van der Waals surface area contributed by atoms with Gasteiger partial charge in [0, 0.05) is 30.4 Å². The van der Waals surface area contributed by atoms with Crippen LogP contribution in [0.2, 0.25) is 5.02 Å². The third kappa shape index (κ3) is 6.27. The summed E-state index contributed by atoms with van der Waals surface area (Å²) in [4.78, 5) is 23.5. The molecule has 1 aromatic carbocycles. The largest absolute Gasteiger partial charge is 0.379 e. The van der Waals surface area contributed by atoms with Gasteiger partial charge in [-0.2, -0.15) is 0 Å². The summed E-state index contributed by atoms with van der Waals surface area (Å²) in [5.74, 6) is 0.801. The van der Waals surface area contributed by atoms with E-state index in [1.807, 2.05) is 13.8 Å². The predicted molar refractivity (Wildman–Crippen MR) is 139 cm³/mol. The monoisotopic (exact) mass is 484 g/mol. The first-order chi connectivity index (χ1) is 16.7. The summed E-state index contributed by atoms with van der Waals surface area (Å²) in [5, 5.41) is 4.21. The van der Waals surface area contributed by atoms with Gasteiger partial charge in [-0.3, -0.25) is 4.79 Å². The Labute approximate surface area is 205 Å². The molecule has 9 heteroatoms. The van der Waals surface area contributed by atoms with Gasteiger partial charge in [0.15, 0.2) is 5.65 Å². The number of H-pyrrole nitrogens is 1. The molecule has 0 radical (unpaired) electrons. The molecule has 34 heavy (non-hydrogen) atoms. The molecule has 1 saturated heterocycles. The predicted octanol–water partition coefficient (Wildman–Crippen LogP) is 4.76. The molecule has 3 aromatic rings. The summed E-state index contributed by atoms with van der Waals surface area (Å²) in [5.41, 5.74) is 8.83. The van der Waals surface area contributed by atoms with Crippen molar-refractivity contribution in [1.82, 2.24) is 15.0 Å². The summed E-state index contributed by atoms with van der Waals surface area (Å²) in [6, 6.07) is 8.86. The number of hydrogen-bond acceptors (Lipinski definition) is 6. The highest BCUT2D eigenvalue weighted by molar-refractivity contribution is 6.34. The zero-order valence-electron chi connectivity index (χ0n) is 19.8. The maximum absolute atomic E-state index is 8.58. The van der Waals surface area contributed by atoms with Gasteiger partial charge in [-0.25, -0.2) is 9.97 Å². The second-order valence-corrected chi connectivity index (χ2v) is 8.08. The number of pyridine rings is 1. The van der Waals surface area contributed by atoms with Crippen LogP contribution in [0.15, 0.2) is 42.6 Å². The molecule has 4 N–H and O–H groups in total. The summed E-state index contributed by atoms with van der Waals surface area (Å²) in [7, 11) is 0. The Morgan fingerprint density at radius 2 is 1.91 bits per heavy atom. The number of allylic oxidation sites excluding steroid dienone is 1. The second kappa shape index (κ2) is 13.0. The molecule has 2 aromatic heterocycles. The van der Waals surface area contributed by atoms with Crippen LogP contribution in [0.1, 0.15) is 33.1 Å². The minimum Gasteiger partial charge on any atom is -0.379 e. The number of carbonyl (C=O) groups excluding carboxylic acids is 1. The standard InChI is InChI=1S/C22H24ClN5O.C2H6.CH3NO/c23-18-14-24-22-20(19(18)25-16-4-2-1-3-5-16)26-21(27-22)15-6-8-17(9-7-15)28-10-12-29-13-11-28;1-2;2-1-3/h1-2,6-9,14,16H,3-5,10-13H2,(H2,24,25,26,27);1-2H3;1H,(H2,2,3)/t16-;;/m1../s1. The normalized spacial score (nSPS) is 17.3. The van der Waals surface area contributed by atoms with E-state index in [1.165, 1.54) is 5.69 Å². The number of nitrogens with two attached hydrogens (primary N) is 1. The molecule has 1 aliphatic carbocycles. The lowest BCUT2D eigenvalue weighted by atomic mass is 10.0. The number of ether oxygens (including phenoxy) is 1. The van der Waals surface area contributed by atoms with E-state index in [0.29, 0.717) is 16.7 Å². The highest BCUT2D eigenvalue weighted by Gasteiger charge is 2.18. The van der Waals surface area contributed by atoms with E-state index in [-0.39, 0.29) is 6.41 Å². The van der Waals surface area contributed by atoms with Gasteiger partial charge in [-0.05, 0) is 43.5 Å². The van der Waals surface area contributed by atoms with Crippen LogP contribution in [0.25, 0.3) is 22.6 Å². The van der Waals surface area contributed by atoms with E-state index in [4.69, 9.17) is 26.1 Å². The van der Waals surface area contributed by atoms with E-state index in [1.54, 1.807) is 6.20 Å². The van der Waals surface area contributed by atoms with Gasteiger partial charge in [-0.15, -0.1) is 0 Å². The minimum atomic E-state index is 0.250. The lowest BCUT2D eigenvalue weighted by Gasteiger charge is -2.28. The summed E-state index contributed by atoms with van der Waals surface area (Å²) in [6.07, 6.45) is 9.58. The average molecular weight is 485 g/mol. The number of nitrogens with zero attached hydrogens (tertiary/aromatic N) is 3. The molecule has 5 rings (SSSR count). The van der Waals surface area contributed by atoms with Gasteiger partial charge in [0.05, 0.1) is 30.1 Å². The molecule has 182 valence electrons. The van der Waals surface area contributed by atoms with Crippen molar-refractivity contribution in [2.24, 2.45) is 5.73 Å². The van der Waals surface area contributed by atoms with Crippen molar-refractivity contribution >= 4 is 40.5 Å². The highest BCUT2D eigenvalue weighted by atomic mass is 35.5. The Bertz CT molecular complexity index is 1080. The van der Waals surface area contributed by atoms with Crippen LogP contribution in [0, 0.1) is 0 Å². The Morgan fingerprint density at radius 3 is 2.56 bits per heavy atom. The molecule has 0 bridgehead atoms. The van der Waals surface area contributed by atoms with Crippen LogP contribution in [0.5, 0.6) is 0 Å². The number of halogens is 1. The number of anilines is 2. The first-order valence-corrected chi connectivity index (χ1v) is 12.1. The smallest absolute Gasteiger partial charge is 0.204 e. The number of benzene rings is 1. The fourth-order valence-corrected chi connectivity index (χ4v) is 4.19. The molecule has 1 fully saturated rings. The van der Waals surface area contributed by atoms with Crippen LogP contribution in [0.4, 0.5) is 11.4 Å². The minimum absolute atomic E-state index is 0.250. The van der Waals surface area contributed by atoms with Crippen molar-refractivity contribution in [2.75, 3.05) is 36.5 Å². The van der Waals surface area contributed by atoms with E-state index in [0.717, 1.165) is 68.2 Å². The zero-order chi connectivity index (χ0) is 24.3. The number of primary amides is 1. The number of rotatable bonds is 4. The van der Waals surface area contributed by atoms with Crippen LogP contribution in [-0.4, -0.2) is 53.7 Å². The molecule has 1 aliphatic heterocycles. The van der Waals surface area contributed by atoms with E-state index < -0.39 is 0 Å². The van der Waals surface area contributed by atoms with E-state index in [2.05, 4.69) is 62.3 Å². The number of morpholine rings is 1. The molecule has 8 nitrogen and oxygen atoms in total. The molecule has 0 unspecified atom stereocenters. The van der Waals surface area contributed by atoms with Crippen molar-refractivity contribution in [2.45, 2.75) is 39.2 Å². The topological polar surface area (TPSA) is 109 Å². The van der Waals surface area contributed by atoms with Gasteiger partial charge < -0.3 is 25.7 Å². The van der Waals surface area contributed by atoms with Crippen molar-refractivity contribution < 1.29 is 9.53 Å². The lowest BCUT2D eigenvalue weighted by molar-refractivity contribution is -0.106. The third-order valence-corrected chi connectivity index (χ3v) is 5.89. The van der Waals surface area contributed by atoms with E-state index >= 15 is 0 Å². The zero-order valence-corrected chi connectivity index (χ0v) is 20.5. The van der Waals surface area contributed by atoms with Gasteiger partial charge >= 0.3 is 0 Å². The molecule has 0 spiro atoms. The third-order valence-electron chi connectivity index (χ3n) is 5.61. The van der Waals surface area contributed by atoms with Crippen LogP contribution < -0.4 is 16.0 Å². The van der Waals surface area contributed by atoms with Crippen LogP contribution in [-0.2, 0) is 9.53 Å². The Balaban J connectivity index is 0.000000603. The molecule has 2 aliphatic rings.